The van der Waals surface area contributed by atoms with E-state index in [0.717, 1.165) is 23.6 Å². The third-order valence-corrected chi connectivity index (χ3v) is 7.67. The molecule has 0 radical (unpaired) electrons. The number of aromatic nitrogens is 1. The van der Waals surface area contributed by atoms with E-state index in [0.29, 0.717) is 11.3 Å². The Hall–Kier alpha value is -5.46. The first kappa shape index (κ1) is 42.9. The summed E-state index contributed by atoms with van der Waals surface area (Å²) in [6.45, 7) is -2.89. The Morgan fingerprint density at radius 2 is 1.50 bits per heavy atom. The van der Waals surface area contributed by atoms with Crippen molar-refractivity contribution in [3.63, 3.8) is 0 Å². The van der Waals surface area contributed by atoms with Crippen molar-refractivity contribution in [2.24, 2.45) is 5.92 Å². The lowest BCUT2D eigenvalue weighted by Gasteiger charge is -2.28. The van der Waals surface area contributed by atoms with Crippen LogP contribution in [0.1, 0.15) is 41.5 Å². The second-order valence-electron chi connectivity index (χ2n) is 11.8. The maximum atomic E-state index is 14.9. The number of nitrogens with zero attached hydrogens (tertiary/aromatic N) is 1. The molecule has 1 aromatic heterocycles. The Morgan fingerprint density at radius 3 is 2.04 bits per heavy atom. The fourth-order valence-corrected chi connectivity index (χ4v) is 4.95. The number of hydrogen-bond donors (Lipinski definition) is 4. The quantitative estimate of drug-likeness (QED) is 0.114. The van der Waals surface area contributed by atoms with E-state index in [4.69, 9.17) is 16.3 Å². The van der Waals surface area contributed by atoms with Crippen LogP contribution in [-0.2, 0) is 25.6 Å². The van der Waals surface area contributed by atoms with E-state index in [1.807, 2.05) is 0 Å². The van der Waals surface area contributed by atoms with Crippen LogP contribution in [0.3, 0.4) is 0 Å². The molecule has 0 unspecified atom stereocenters. The summed E-state index contributed by atoms with van der Waals surface area (Å²) >= 11 is 6.10. The molecule has 4 amide bonds. The van der Waals surface area contributed by atoms with Gasteiger partial charge >= 0.3 is 18.7 Å². The highest BCUT2D eigenvalue weighted by Crippen LogP contribution is 2.24. The average molecular weight is 792 g/mol. The van der Waals surface area contributed by atoms with Crippen LogP contribution in [0.5, 0.6) is 11.5 Å². The second-order valence-corrected chi connectivity index (χ2v) is 12.2. The lowest BCUT2D eigenvalue weighted by molar-refractivity contribution is -0.165. The van der Waals surface area contributed by atoms with Gasteiger partial charge in [0.15, 0.2) is 0 Å². The zero-order valence-electron chi connectivity index (χ0n) is 28.5. The minimum Gasteiger partial charge on any atom is -0.497 e. The Morgan fingerprint density at radius 1 is 0.852 bits per heavy atom. The van der Waals surface area contributed by atoms with Gasteiger partial charge in [0.25, 0.3) is 11.8 Å². The Labute approximate surface area is 308 Å². The number of pyridine rings is 1. The highest BCUT2D eigenvalue weighted by Gasteiger charge is 2.52. The van der Waals surface area contributed by atoms with E-state index < -0.39 is 78.7 Å². The molecule has 0 saturated heterocycles. The van der Waals surface area contributed by atoms with E-state index in [9.17, 15) is 54.7 Å². The molecule has 0 saturated carbocycles. The molecule has 54 heavy (non-hydrogen) atoms. The lowest BCUT2D eigenvalue weighted by atomic mass is 9.94. The number of benzene rings is 2. The largest absolute Gasteiger partial charge is 0.497 e. The summed E-state index contributed by atoms with van der Waals surface area (Å²) in [5.41, 5.74) is 0.0948. The van der Waals surface area contributed by atoms with Crippen LogP contribution in [0.25, 0.3) is 0 Å². The van der Waals surface area contributed by atoms with Crippen molar-refractivity contribution in [1.82, 2.24) is 26.3 Å². The van der Waals surface area contributed by atoms with Gasteiger partial charge in [-0.25, -0.2) is 4.98 Å². The minimum absolute atomic E-state index is 0.00963. The number of nitrogens with one attached hydrogen (secondary N) is 4. The van der Waals surface area contributed by atoms with Crippen molar-refractivity contribution < 1.29 is 64.2 Å². The molecule has 0 spiro atoms. The van der Waals surface area contributed by atoms with Crippen molar-refractivity contribution in [2.45, 2.75) is 57.1 Å². The van der Waals surface area contributed by atoms with Crippen LogP contribution < -0.4 is 30.7 Å². The van der Waals surface area contributed by atoms with Crippen molar-refractivity contribution in [3.05, 3.63) is 88.7 Å². The van der Waals surface area contributed by atoms with Crippen molar-refractivity contribution in [1.29, 1.82) is 0 Å². The number of alkyl halides is 7. The summed E-state index contributed by atoms with van der Waals surface area (Å²) in [7, 11) is 1.34. The summed E-state index contributed by atoms with van der Waals surface area (Å²) in [4.78, 5) is 69.6. The summed E-state index contributed by atoms with van der Waals surface area (Å²) < 4.78 is 102. The monoisotopic (exact) mass is 791 g/mol. The van der Waals surface area contributed by atoms with E-state index >= 15 is 0 Å². The standard InChI is InChI=1S/C34H33ClF7N5O7/c1-17(2)25(27(48)34(41,42)31(52)44-16-33(38,39)40)46-30(51)26(19-7-9-21(53-3)10-8-19)47-29(50)24(14-18-5-4-6-20(35)13-18)45-28(49)23-12-11-22(15-43-23)54-32(36)37/h4-13,15,17,24-26,32H,14,16H2,1-3H3,(H,44,52)(H,45,49)(H,46,51)(H,47,50)/t24-,25-,26-/m0/s1. The number of rotatable bonds is 17. The van der Waals surface area contributed by atoms with Gasteiger partial charge in [0.05, 0.1) is 19.3 Å². The van der Waals surface area contributed by atoms with Gasteiger partial charge in [-0.3, -0.25) is 24.0 Å². The number of ether oxygens (including phenoxy) is 2. The van der Waals surface area contributed by atoms with Crippen LogP contribution in [0, 0.1) is 5.92 Å². The third kappa shape index (κ3) is 12.3. The number of methoxy groups -OCH3 is 1. The molecule has 12 nitrogen and oxygen atoms in total. The number of Topliss-reactive ketones (excluding diaryl/α,β-unsaturated/α-hetero) is 1. The van der Waals surface area contributed by atoms with Gasteiger partial charge in [0.1, 0.15) is 35.8 Å². The van der Waals surface area contributed by atoms with E-state index in [2.05, 4.69) is 25.7 Å². The number of halogens is 8. The van der Waals surface area contributed by atoms with Crippen LogP contribution in [0.4, 0.5) is 30.7 Å². The molecule has 1 heterocycles. The minimum atomic E-state index is -5.07. The van der Waals surface area contributed by atoms with Crippen LogP contribution in [-0.4, -0.2) is 78.8 Å². The Bertz CT molecular complexity index is 1800. The highest BCUT2D eigenvalue weighted by atomic mass is 35.5. The second kappa shape index (κ2) is 18.5. The van der Waals surface area contributed by atoms with E-state index in [-0.39, 0.29) is 28.5 Å². The number of carbonyl (C=O) groups is 5. The predicted octanol–water partition coefficient (Wildman–Crippen LogP) is 4.57. The normalized spacial score (nSPS) is 13.4. The Balaban J connectivity index is 1.96. The van der Waals surface area contributed by atoms with Gasteiger partial charge in [-0.2, -0.15) is 30.7 Å². The summed E-state index contributed by atoms with van der Waals surface area (Å²) in [6.07, 6.45) is -4.48. The summed E-state index contributed by atoms with van der Waals surface area (Å²) in [6, 6.07) is 8.10. The molecule has 0 aliphatic carbocycles. The molecule has 4 N–H and O–H groups in total. The maximum absolute atomic E-state index is 14.9. The highest BCUT2D eigenvalue weighted by molar-refractivity contribution is 6.30. The van der Waals surface area contributed by atoms with Gasteiger partial charge in [0, 0.05) is 11.4 Å². The average Bonchev–Trinajstić information content (AvgIpc) is 3.10. The molecule has 0 aliphatic rings. The molecular formula is C34H33ClF7N5O7. The molecule has 0 bridgehead atoms. The number of carbonyl (C=O) groups excluding carboxylic acids is 5. The maximum Gasteiger partial charge on any atom is 0.405 e. The molecular weight excluding hydrogens is 759 g/mol. The Kier molecular flexibility index (Phi) is 14.7. The molecule has 292 valence electrons. The van der Waals surface area contributed by atoms with Gasteiger partial charge in [0.2, 0.25) is 17.6 Å². The number of ketones is 1. The fourth-order valence-electron chi connectivity index (χ4n) is 4.74. The van der Waals surface area contributed by atoms with Gasteiger partial charge < -0.3 is 30.7 Å². The van der Waals surface area contributed by atoms with Gasteiger partial charge in [-0.05, 0) is 53.4 Å². The molecule has 0 aliphatic heterocycles. The first-order valence-corrected chi connectivity index (χ1v) is 16.1. The topological polar surface area (TPSA) is 165 Å². The van der Waals surface area contributed by atoms with Crippen LogP contribution in [0.15, 0.2) is 66.9 Å². The SMILES string of the molecule is COc1ccc([C@H](NC(=O)[C@H](Cc2cccc(Cl)c2)NC(=O)c2ccc(OC(F)F)cn2)C(=O)N[C@H](C(=O)C(F)(F)C(=O)NCC(F)(F)F)C(C)C)cc1. The molecule has 3 rings (SSSR count). The zero-order chi connectivity index (χ0) is 40.4. The van der Waals surface area contributed by atoms with Crippen molar-refractivity contribution in [2.75, 3.05) is 13.7 Å². The summed E-state index contributed by atoms with van der Waals surface area (Å²) in [5, 5.41) is 8.12. The molecule has 0 fully saturated rings. The number of amides is 4. The number of hydrogen-bond acceptors (Lipinski definition) is 8. The molecule has 3 aromatic rings. The molecule has 3 atom stereocenters. The first-order chi connectivity index (χ1) is 25.2. The molecule has 20 heteroatoms. The molecule has 2 aromatic carbocycles. The third-order valence-electron chi connectivity index (χ3n) is 7.43. The smallest absolute Gasteiger partial charge is 0.405 e. The van der Waals surface area contributed by atoms with Crippen LogP contribution in [0.2, 0.25) is 5.02 Å². The van der Waals surface area contributed by atoms with Crippen molar-refractivity contribution >= 4 is 41.0 Å². The van der Waals surface area contributed by atoms with Crippen LogP contribution >= 0.6 is 11.6 Å². The van der Waals surface area contributed by atoms with Gasteiger partial charge in [-0.15, -0.1) is 0 Å². The fraction of sp³-hybridized carbons (Fsp3) is 0.353. The summed E-state index contributed by atoms with van der Waals surface area (Å²) in [5.74, 6) is -14.3. The first-order valence-electron chi connectivity index (χ1n) is 15.7. The predicted molar refractivity (Wildman–Crippen MR) is 177 cm³/mol. The van der Waals surface area contributed by atoms with E-state index in [1.54, 1.807) is 12.1 Å². The van der Waals surface area contributed by atoms with Gasteiger partial charge in [-0.1, -0.05) is 49.7 Å². The zero-order valence-corrected chi connectivity index (χ0v) is 29.2. The van der Waals surface area contributed by atoms with Crippen molar-refractivity contribution in [3.8, 4) is 11.5 Å². The lowest BCUT2D eigenvalue weighted by Crippen LogP contribution is -2.58. The van der Waals surface area contributed by atoms with E-state index in [1.165, 1.54) is 57.4 Å².